The number of carbonyl (C=O) groups is 1. The summed E-state index contributed by atoms with van der Waals surface area (Å²) in [6, 6.07) is 5.65. The van der Waals surface area contributed by atoms with Crippen LogP contribution < -0.4 is 5.32 Å². The minimum Gasteiger partial charge on any atom is -0.476 e. The molecule has 3 rings (SSSR count). The number of nitrogens with one attached hydrogen (secondary N) is 1. The lowest BCUT2D eigenvalue weighted by atomic mass is 10.1. The summed E-state index contributed by atoms with van der Waals surface area (Å²) in [4.78, 5) is 16.1. The zero-order chi connectivity index (χ0) is 18.7. The standard InChI is InChI=1S/C16H18N6O3S/c1-9-8-10(17-6-7-25-2)4-5-11(9)18-12-13(15(23)24)21-22-14(12)19-20-16(22)26-3/h4-5,8,17H,6-7H2,1-3H3,(H,23,24). The predicted molar refractivity (Wildman–Crippen MR) is 100 cm³/mol. The third-order valence-electron chi connectivity index (χ3n) is 3.70. The van der Waals surface area contributed by atoms with E-state index >= 15 is 0 Å². The van der Waals surface area contributed by atoms with Gasteiger partial charge in [0.25, 0.3) is 0 Å². The summed E-state index contributed by atoms with van der Waals surface area (Å²) in [6.07, 6.45) is 1.82. The van der Waals surface area contributed by atoms with E-state index in [1.54, 1.807) is 7.11 Å². The van der Waals surface area contributed by atoms with E-state index in [2.05, 4.69) is 25.6 Å². The Morgan fingerprint density at radius 1 is 1.42 bits per heavy atom. The molecule has 0 saturated heterocycles. The molecule has 0 fully saturated rings. The number of aliphatic imine (C=N–C) groups is 1. The van der Waals surface area contributed by atoms with Gasteiger partial charge in [-0.1, -0.05) is 11.8 Å². The molecule has 0 bridgehead atoms. The summed E-state index contributed by atoms with van der Waals surface area (Å²) in [7, 11) is 1.65. The molecule has 0 radical (unpaired) electrons. The smallest absolute Gasteiger partial charge is 0.358 e. The van der Waals surface area contributed by atoms with Gasteiger partial charge >= 0.3 is 5.97 Å². The zero-order valence-corrected chi connectivity index (χ0v) is 15.4. The molecule has 0 unspecified atom stereocenters. The first-order valence-corrected chi connectivity index (χ1v) is 9.02. The number of hydrogen-bond acceptors (Lipinski definition) is 8. The Labute approximate surface area is 154 Å². The fourth-order valence-corrected chi connectivity index (χ4v) is 2.86. The largest absolute Gasteiger partial charge is 0.476 e. The van der Waals surface area contributed by atoms with Crippen molar-refractivity contribution in [2.24, 2.45) is 10.1 Å². The highest BCUT2D eigenvalue weighted by Gasteiger charge is 2.32. The van der Waals surface area contributed by atoms with E-state index in [-0.39, 0.29) is 11.4 Å². The van der Waals surface area contributed by atoms with Crippen LogP contribution in [-0.2, 0) is 9.53 Å². The molecule has 0 amide bonds. The monoisotopic (exact) mass is 374 g/mol. The highest BCUT2D eigenvalue weighted by atomic mass is 32.2. The van der Waals surface area contributed by atoms with Crippen molar-refractivity contribution < 1.29 is 14.6 Å². The van der Waals surface area contributed by atoms with E-state index in [4.69, 9.17) is 4.74 Å². The lowest BCUT2D eigenvalue weighted by molar-refractivity contribution is -0.129. The second-order valence-electron chi connectivity index (χ2n) is 5.46. The van der Waals surface area contributed by atoms with Crippen molar-refractivity contribution in [1.29, 1.82) is 0 Å². The molecule has 2 heterocycles. The number of thioether (sulfide) groups is 1. The molecule has 1 aliphatic heterocycles. The Balaban J connectivity index is 1.95. The molecule has 136 valence electrons. The Kier molecular flexibility index (Phi) is 5.33. The summed E-state index contributed by atoms with van der Waals surface area (Å²) in [6.45, 7) is 3.21. The van der Waals surface area contributed by atoms with Crippen molar-refractivity contribution in [2.75, 3.05) is 31.8 Å². The molecule has 0 aliphatic carbocycles. The van der Waals surface area contributed by atoms with Crippen LogP contribution in [0.4, 0.5) is 11.4 Å². The average Bonchev–Trinajstić information content (AvgIpc) is 3.17. The number of hydrogen-bond donors (Lipinski definition) is 2. The highest BCUT2D eigenvalue weighted by molar-refractivity contribution is 7.98. The number of carboxylic acid groups (broad SMARTS) is 1. The minimum absolute atomic E-state index is 0.146. The first-order chi connectivity index (χ1) is 12.5. The van der Waals surface area contributed by atoms with Gasteiger partial charge in [0, 0.05) is 19.3 Å². The van der Waals surface area contributed by atoms with E-state index in [1.165, 1.54) is 16.4 Å². The van der Waals surface area contributed by atoms with Gasteiger partial charge in [-0.15, -0.1) is 10.2 Å². The van der Waals surface area contributed by atoms with Crippen molar-refractivity contribution in [3.63, 3.8) is 0 Å². The first kappa shape index (κ1) is 18.1. The van der Waals surface area contributed by atoms with Crippen LogP contribution in [0.3, 0.4) is 0 Å². The molecule has 1 aliphatic rings. The molecule has 0 saturated carbocycles. The lowest BCUT2D eigenvalue weighted by Crippen LogP contribution is -2.21. The quantitative estimate of drug-likeness (QED) is 0.561. The van der Waals surface area contributed by atoms with Gasteiger partial charge in [0.05, 0.1) is 12.3 Å². The summed E-state index contributed by atoms with van der Waals surface area (Å²) in [5.74, 6) is -0.828. The average molecular weight is 374 g/mol. The fourth-order valence-electron chi connectivity index (χ4n) is 2.44. The number of rotatable bonds is 7. The molecular formula is C16H18N6O3S. The van der Waals surface area contributed by atoms with Gasteiger partial charge < -0.3 is 15.2 Å². The third-order valence-corrected chi connectivity index (χ3v) is 4.32. The number of anilines is 1. The number of aliphatic carboxylic acids is 1. The van der Waals surface area contributed by atoms with Crippen molar-refractivity contribution in [2.45, 2.75) is 12.1 Å². The van der Waals surface area contributed by atoms with Crippen LogP contribution in [0.15, 0.2) is 33.4 Å². The molecule has 9 nitrogen and oxygen atoms in total. The number of benzene rings is 1. The van der Waals surface area contributed by atoms with Crippen molar-refractivity contribution in [3.8, 4) is 0 Å². The summed E-state index contributed by atoms with van der Waals surface area (Å²) >= 11 is 1.33. The summed E-state index contributed by atoms with van der Waals surface area (Å²) < 4.78 is 6.42. The number of carboxylic acids is 1. The van der Waals surface area contributed by atoms with E-state index in [9.17, 15) is 9.90 Å². The molecule has 2 aromatic rings. The Hall–Kier alpha value is -2.72. The Bertz CT molecular complexity index is 905. The minimum atomic E-state index is -1.16. The Morgan fingerprint density at radius 3 is 2.88 bits per heavy atom. The van der Waals surface area contributed by atoms with Gasteiger partial charge in [-0.2, -0.15) is 9.78 Å². The summed E-state index contributed by atoms with van der Waals surface area (Å²) in [5, 5.41) is 25.3. The number of aromatic nitrogens is 3. The van der Waals surface area contributed by atoms with Crippen LogP contribution in [0, 0.1) is 6.92 Å². The molecule has 2 N–H and O–H groups in total. The first-order valence-electron chi connectivity index (χ1n) is 7.79. The molecule has 1 aromatic heterocycles. The maximum Gasteiger partial charge on any atom is 0.358 e. The SMILES string of the molecule is COCCNc1ccc(N=C2C(C(=O)O)=Nn3c(SC)nnc32)c(C)c1. The van der Waals surface area contributed by atoms with E-state index in [0.29, 0.717) is 29.8 Å². The molecule has 26 heavy (non-hydrogen) atoms. The third kappa shape index (κ3) is 3.46. The number of fused-ring (bicyclic) bond motifs is 1. The van der Waals surface area contributed by atoms with Gasteiger partial charge in [-0.25, -0.2) is 9.79 Å². The number of aryl methyl sites for hydroxylation is 1. The van der Waals surface area contributed by atoms with Crippen LogP contribution >= 0.6 is 11.8 Å². The second kappa shape index (κ2) is 7.67. The fraction of sp³-hybridized carbons (Fsp3) is 0.312. The molecular weight excluding hydrogens is 356 g/mol. The topological polar surface area (TPSA) is 114 Å². The van der Waals surface area contributed by atoms with Crippen LogP contribution in [0.25, 0.3) is 0 Å². The van der Waals surface area contributed by atoms with Gasteiger partial charge in [-0.05, 0) is 36.9 Å². The highest BCUT2D eigenvalue weighted by Crippen LogP contribution is 2.26. The number of methoxy groups -OCH3 is 1. The lowest BCUT2D eigenvalue weighted by Gasteiger charge is -2.08. The van der Waals surface area contributed by atoms with Gasteiger partial charge in [0.15, 0.2) is 5.71 Å². The number of ether oxygens (including phenoxy) is 1. The van der Waals surface area contributed by atoms with Gasteiger partial charge in [0.1, 0.15) is 5.71 Å². The number of nitrogens with zero attached hydrogens (tertiary/aromatic N) is 5. The van der Waals surface area contributed by atoms with Crippen LogP contribution in [0.1, 0.15) is 11.4 Å². The Morgan fingerprint density at radius 2 is 2.23 bits per heavy atom. The van der Waals surface area contributed by atoms with Crippen LogP contribution in [0.5, 0.6) is 0 Å². The van der Waals surface area contributed by atoms with E-state index in [0.717, 1.165) is 11.3 Å². The molecule has 1 aromatic carbocycles. The maximum absolute atomic E-state index is 11.6. The normalized spacial score (nSPS) is 14.4. The van der Waals surface area contributed by atoms with E-state index in [1.807, 2.05) is 31.4 Å². The van der Waals surface area contributed by atoms with E-state index < -0.39 is 5.97 Å². The second-order valence-corrected chi connectivity index (χ2v) is 6.23. The zero-order valence-electron chi connectivity index (χ0n) is 14.6. The van der Waals surface area contributed by atoms with Crippen molar-refractivity contribution in [1.82, 2.24) is 14.9 Å². The van der Waals surface area contributed by atoms with Crippen LogP contribution in [-0.4, -0.2) is 63.9 Å². The molecule has 0 spiro atoms. The molecule has 0 atom stereocenters. The van der Waals surface area contributed by atoms with Crippen molar-refractivity contribution >= 4 is 40.5 Å². The predicted octanol–water partition coefficient (Wildman–Crippen LogP) is 1.79. The molecule has 10 heteroatoms. The van der Waals surface area contributed by atoms with Gasteiger partial charge in [0.2, 0.25) is 11.0 Å². The van der Waals surface area contributed by atoms with Gasteiger partial charge in [-0.3, -0.25) is 0 Å². The summed E-state index contributed by atoms with van der Waals surface area (Å²) in [5.41, 5.74) is 2.54. The maximum atomic E-state index is 11.6. The van der Waals surface area contributed by atoms with Crippen molar-refractivity contribution in [3.05, 3.63) is 29.6 Å². The van der Waals surface area contributed by atoms with Crippen LogP contribution in [0.2, 0.25) is 0 Å².